The Morgan fingerprint density at radius 3 is 2.38 bits per heavy atom. The first-order chi connectivity index (χ1) is 9.81. The zero-order valence-electron chi connectivity index (χ0n) is 12.5. The van der Waals surface area contributed by atoms with Crippen molar-refractivity contribution in [3.63, 3.8) is 0 Å². The van der Waals surface area contributed by atoms with E-state index in [4.69, 9.17) is 0 Å². The highest BCUT2D eigenvalue weighted by Crippen LogP contribution is 2.32. The molecule has 21 heavy (non-hydrogen) atoms. The zero-order valence-corrected chi connectivity index (χ0v) is 16.3. The quantitative estimate of drug-likeness (QED) is 0.407. The zero-order chi connectivity index (χ0) is 13.9. The summed E-state index contributed by atoms with van der Waals surface area (Å²) >= 11 is 3.78. The number of halogens is 1. The Balaban J connectivity index is 0.00000161. The van der Waals surface area contributed by atoms with Gasteiger partial charge in [0.25, 0.3) is 0 Å². The Kier molecular flexibility index (Phi) is 6.37. The van der Waals surface area contributed by atoms with E-state index in [2.05, 4.69) is 53.0 Å². The Morgan fingerprint density at radius 2 is 1.76 bits per heavy atom. The first kappa shape index (κ1) is 17.1. The third-order valence-electron chi connectivity index (χ3n) is 3.77. The number of hydrogen-bond donors (Lipinski definition) is 0. The van der Waals surface area contributed by atoms with Gasteiger partial charge in [0.15, 0.2) is 5.03 Å². The number of nitrogens with zero attached hydrogens (tertiary/aromatic N) is 2. The van der Waals surface area contributed by atoms with Gasteiger partial charge in [0.05, 0.1) is 18.0 Å². The number of aryl methyl sites for hydroxylation is 1. The summed E-state index contributed by atoms with van der Waals surface area (Å²) in [4.78, 5) is 3.98. The van der Waals surface area contributed by atoms with Gasteiger partial charge in [0, 0.05) is 0 Å². The van der Waals surface area contributed by atoms with Crippen molar-refractivity contribution in [2.45, 2.75) is 31.2 Å². The van der Waals surface area contributed by atoms with Crippen molar-refractivity contribution < 1.29 is 28.5 Å². The fourth-order valence-electron chi connectivity index (χ4n) is 2.80. The van der Waals surface area contributed by atoms with Crippen LogP contribution in [-0.2, 0) is 0 Å². The smallest absolute Gasteiger partial charge is 0.342 e. The topological polar surface area (TPSA) is 7.12 Å². The Hall–Kier alpha value is -0.270. The first-order valence-electron chi connectivity index (χ1n) is 7.21. The summed E-state index contributed by atoms with van der Waals surface area (Å²) in [5, 5.41) is 2.78. The fourth-order valence-corrected chi connectivity index (χ4v) is 4.95. The normalized spacial score (nSPS) is 14.9. The lowest BCUT2D eigenvalue weighted by Gasteiger charge is -2.21. The van der Waals surface area contributed by atoms with Crippen molar-refractivity contribution in [3.05, 3.63) is 35.2 Å². The highest BCUT2D eigenvalue weighted by Gasteiger charge is 2.29. The third kappa shape index (κ3) is 3.56. The van der Waals surface area contributed by atoms with Crippen molar-refractivity contribution in [1.82, 2.24) is 0 Å². The molecule has 0 aliphatic carbocycles. The molecule has 2 aromatic rings. The molecule has 0 saturated carbocycles. The van der Waals surface area contributed by atoms with Crippen LogP contribution in [0.15, 0.2) is 35.4 Å². The van der Waals surface area contributed by atoms with Crippen LogP contribution in [0, 0.1) is 6.92 Å². The lowest BCUT2D eigenvalue weighted by molar-refractivity contribution is -0.618. The number of benzene rings is 1. The molecule has 0 unspecified atom stereocenters. The van der Waals surface area contributed by atoms with E-state index in [0.29, 0.717) is 0 Å². The second kappa shape index (κ2) is 7.83. The summed E-state index contributed by atoms with van der Waals surface area (Å²) in [5.41, 5.74) is 1.28. The van der Waals surface area contributed by atoms with Crippen LogP contribution in [0.2, 0.25) is 0 Å². The van der Waals surface area contributed by atoms with E-state index in [1.165, 1.54) is 53.1 Å². The molecule has 1 aliphatic rings. The number of aromatic nitrogens is 1. The summed E-state index contributed by atoms with van der Waals surface area (Å²) in [6.07, 6.45) is 6.19. The van der Waals surface area contributed by atoms with E-state index < -0.39 is 0 Å². The minimum Gasteiger partial charge on any atom is -1.00 e. The van der Waals surface area contributed by atoms with Gasteiger partial charge in [-0.2, -0.15) is 4.57 Å². The Morgan fingerprint density at radius 1 is 1.10 bits per heavy atom. The van der Waals surface area contributed by atoms with Crippen LogP contribution in [0.3, 0.4) is 0 Å². The van der Waals surface area contributed by atoms with E-state index in [0.717, 1.165) is 0 Å². The molecule has 1 aliphatic heterocycles. The van der Waals surface area contributed by atoms with Crippen LogP contribution in [0.5, 0.6) is 0 Å². The van der Waals surface area contributed by atoms with Gasteiger partial charge in [-0.3, -0.25) is 4.90 Å². The maximum absolute atomic E-state index is 2.56. The number of para-hydroxylation sites is 1. The number of thiazole rings is 1. The molecular formula is C16H21IN2S2. The second-order valence-corrected chi connectivity index (χ2v) is 7.15. The van der Waals surface area contributed by atoms with Crippen molar-refractivity contribution in [2.75, 3.05) is 24.2 Å². The van der Waals surface area contributed by atoms with Crippen LogP contribution in [0.1, 0.15) is 24.1 Å². The third-order valence-corrected chi connectivity index (χ3v) is 5.90. The second-order valence-electron chi connectivity index (χ2n) is 5.17. The molecule has 0 N–H and O–H groups in total. The monoisotopic (exact) mass is 432 g/mol. The molecular weight excluding hydrogens is 411 g/mol. The lowest BCUT2D eigenvalue weighted by atomic mass is 10.1. The molecule has 1 aromatic carbocycles. The highest BCUT2D eigenvalue weighted by molar-refractivity contribution is 7.98. The van der Waals surface area contributed by atoms with Gasteiger partial charge in [0.1, 0.15) is 5.69 Å². The summed E-state index contributed by atoms with van der Waals surface area (Å²) in [7, 11) is 0. The van der Waals surface area contributed by atoms with Gasteiger partial charge in [-0.05, 0) is 44.6 Å². The number of thioether (sulfide) groups is 1. The predicted molar refractivity (Wildman–Crippen MR) is 88.4 cm³/mol. The molecule has 1 fully saturated rings. The first-order valence-corrected chi connectivity index (χ1v) is 9.25. The molecule has 0 bridgehead atoms. The van der Waals surface area contributed by atoms with Gasteiger partial charge >= 0.3 is 5.13 Å². The highest BCUT2D eigenvalue weighted by atomic mass is 127. The molecule has 1 saturated heterocycles. The van der Waals surface area contributed by atoms with Gasteiger partial charge in [0.2, 0.25) is 0 Å². The minimum atomic E-state index is 0. The maximum atomic E-state index is 2.56. The lowest BCUT2D eigenvalue weighted by Crippen LogP contribution is -3.00. The van der Waals surface area contributed by atoms with E-state index >= 15 is 0 Å². The van der Waals surface area contributed by atoms with Gasteiger partial charge in [-0.15, -0.1) is 0 Å². The molecule has 2 nitrogen and oxygen atoms in total. The van der Waals surface area contributed by atoms with Crippen molar-refractivity contribution >= 4 is 28.2 Å². The molecule has 3 rings (SSSR count). The van der Waals surface area contributed by atoms with E-state index in [1.54, 1.807) is 0 Å². The van der Waals surface area contributed by atoms with Crippen molar-refractivity contribution in [3.8, 4) is 5.69 Å². The van der Waals surface area contributed by atoms with Crippen LogP contribution in [0.25, 0.3) is 5.69 Å². The van der Waals surface area contributed by atoms with Crippen molar-refractivity contribution in [1.29, 1.82) is 0 Å². The number of rotatable bonds is 3. The molecule has 0 amide bonds. The number of hydrogen-bond acceptors (Lipinski definition) is 3. The fraction of sp³-hybridized carbons (Fsp3) is 0.438. The summed E-state index contributed by atoms with van der Waals surface area (Å²) in [5.74, 6) is 0. The minimum absolute atomic E-state index is 0. The van der Waals surface area contributed by atoms with E-state index in [9.17, 15) is 0 Å². The van der Waals surface area contributed by atoms with Crippen LogP contribution >= 0.6 is 23.1 Å². The Bertz CT molecular complexity index is 577. The Labute approximate surface area is 152 Å². The van der Waals surface area contributed by atoms with Crippen LogP contribution < -0.4 is 33.4 Å². The molecule has 0 atom stereocenters. The maximum Gasteiger partial charge on any atom is 0.342 e. The largest absolute Gasteiger partial charge is 1.00 e. The molecule has 1 aromatic heterocycles. The van der Waals surface area contributed by atoms with Gasteiger partial charge < -0.3 is 24.0 Å². The van der Waals surface area contributed by atoms with Crippen LogP contribution in [0.4, 0.5) is 5.13 Å². The molecule has 0 spiro atoms. The summed E-state index contributed by atoms with van der Waals surface area (Å²) < 4.78 is 2.44. The summed E-state index contributed by atoms with van der Waals surface area (Å²) in [6, 6.07) is 10.8. The van der Waals surface area contributed by atoms with E-state index in [-0.39, 0.29) is 24.0 Å². The number of piperidine rings is 1. The molecule has 0 radical (unpaired) electrons. The molecule has 5 heteroatoms. The summed E-state index contributed by atoms with van der Waals surface area (Å²) in [6.45, 7) is 4.63. The number of anilines is 1. The van der Waals surface area contributed by atoms with Crippen molar-refractivity contribution in [2.24, 2.45) is 0 Å². The SMILES string of the molecule is CSc1c(C)sc(N2CCCCC2)[n+]1-c1ccccc1.[I-]. The average Bonchev–Trinajstić information content (AvgIpc) is 2.85. The average molecular weight is 432 g/mol. The van der Waals surface area contributed by atoms with Crippen LogP contribution in [-0.4, -0.2) is 19.3 Å². The van der Waals surface area contributed by atoms with Gasteiger partial charge in [-0.1, -0.05) is 41.3 Å². The predicted octanol–water partition coefficient (Wildman–Crippen LogP) is 1.05. The molecule has 114 valence electrons. The standard InChI is InChI=1S/C16H21N2S2.HI/c1-13-15(19-2)18(14-9-5-3-6-10-14)16(20-13)17-11-7-4-8-12-17;/h3,5-6,9-10H,4,7-8,11-12H2,1-2H3;1H/q+1;/p-1. The molecule has 2 heterocycles. The van der Waals surface area contributed by atoms with E-state index in [1.807, 2.05) is 23.1 Å². The van der Waals surface area contributed by atoms with Gasteiger partial charge in [-0.25, -0.2) is 0 Å².